The van der Waals surface area contributed by atoms with Crippen LogP contribution in [-0.4, -0.2) is 44.1 Å². The topological polar surface area (TPSA) is 65.1 Å². The van der Waals surface area contributed by atoms with Crippen LogP contribution in [0.25, 0.3) is 0 Å². The minimum absolute atomic E-state index is 0.0135. The van der Waals surface area contributed by atoms with Crippen LogP contribution >= 0.6 is 0 Å². The van der Waals surface area contributed by atoms with E-state index in [4.69, 9.17) is 14.2 Å². The maximum Gasteiger partial charge on any atom is 0.312 e. The molecule has 0 saturated heterocycles. The van der Waals surface area contributed by atoms with E-state index in [0.29, 0.717) is 31.7 Å². The van der Waals surface area contributed by atoms with Crippen LogP contribution in [0.1, 0.15) is 52.9 Å². The van der Waals surface area contributed by atoms with Crippen molar-refractivity contribution in [2.24, 2.45) is 5.92 Å². The summed E-state index contributed by atoms with van der Waals surface area (Å²) in [4.78, 5) is 28.0. The molecule has 1 aliphatic carbocycles. The molecule has 1 amide bonds. The van der Waals surface area contributed by atoms with Gasteiger partial charge in [0, 0.05) is 24.1 Å². The first kappa shape index (κ1) is 28.2. The van der Waals surface area contributed by atoms with E-state index in [0.717, 1.165) is 34.6 Å². The number of carbonyl (C=O) groups excluding carboxylic acids is 2. The second kappa shape index (κ2) is 12.0. The summed E-state index contributed by atoms with van der Waals surface area (Å²) in [6.07, 6.45) is 7.77. The third kappa shape index (κ3) is 5.51. The standard InChI is InChI=1S/C35H37NO5/c1-5-41-34(38)24(2)26-9-7-20-35(22-26,28-13-17-30(40-4)18-14-28)32-10-6-8-27-23-36(21-19-31(27)32)33(37)25-11-15-29(39-3)16-12-25/h6-18,20,24H,5,19,21-23H2,1-4H3. The fourth-order valence-corrected chi connectivity index (χ4v) is 6.04. The first-order chi connectivity index (χ1) is 19.9. The van der Waals surface area contributed by atoms with Crippen molar-refractivity contribution in [3.63, 3.8) is 0 Å². The number of hydrogen-bond donors (Lipinski definition) is 0. The van der Waals surface area contributed by atoms with Crippen LogP contribution in [0.5, 0.6) is 11.5 Å². The van der Waals surface area contributed by atoms with Crippen molar-refractivity contribution >= 4 is 11.9 Å². The Morgan fingerprint density at radius 1 is 0.951 bits per heavy atom. The molecule has 6 heteroatoms. The van der Waals surface area contributed by atoms with Gasteiger partial charge in [-0.25, -0.2) is 0 Å². The van der Waals surface area contributed by atoms with Crippen molar-refractivity contribution in [1.82, 2.24) is 4.90 Å². The molecule has 2 unspecified atom stereocenters. The zero-order valence-corrected chi connectivity index (χ0v) is 24.2. The number of carbonyl (C=O) groups is 2. The van der Waals surface area contributed by atoms with E-state index in [1.807, 2.05) is 61.2 Å². The Morgan fingerprint density at radius 3 is 2.29 bits per heavy atom. The number of allylic oxidation sites excluding steroid dienone is 3. The lowest BCUT2D eigenvalue weighted by molar-refractivity contribution is -0.146. The summed E-state index contributed by atoms with van der Waals surface area (Å²) in [5, 5.41) is 0. The molecular weight excluding hydrogens is 514 g/mol. The van der Waals surface area contributed by atoms with Gasteiger partial charge < -0.3 is 19.1 Å². The molecule has 2 aliphatic rings. The molecule has 3 aromatic rings. The van der Waals surface area contributed by atoms with E-state index in [1.54, 1.807) is 14.2 Å². The fourth-order valence-electron chi connectivity index (χ4n) is 6.04. The third-order valence-electron chi connectivity index (χ3n) is 8.35. The van der Waals surface area contributed by atoms with E-state index >= 15 is 0 Å². The zero-order chi connectivity index (χ0) is 29.0. The van der Waals surface area contributed by atoms with E-state index in [2.05, 4.69) is 42.5 Å². The predicted molar refractivity (Wildman–Crippen MR) is 159 cm³/mol. The molecule has 2 atom stereocenters. The van der Waals surface area contributed by atoms with Crippen molar-refractivity contribution in [3.05, 3.63) is 118 Å². The van der Waals surface area contributed by atoms with Crippen molar-refractivity contribution in [3.8, 4) is 11.5 Å². The summed E-state index contributed by atoms with van der Waals surface area (Å²) < 4.78 is 16.1. The molecule has 3 aromatic carbocycles. The van der Waals surface area contributed by atoms with Crippen LogP contribution in [0.4, 0.5) is 0 Å². The number of methoxy groups -OCH3 is 2. The maximum absolute atomic E-state index is 13.4. The molecule has 5 rings (SSSR count). The number of rotatable bonds is 8. The van der Waals surface area contributed by atoms with Gasteiger partial charge in [0.2, 0.25) is 0 Å². The molecular formula is C35H37NO5. The van der Waals surface area contributed by atoms with E-state index in [1.165, 1.54) is 11.1 Å². The third-order valence-corrected chi connectivity index (χ3v) is 8.35. The SMILES string of the molecule is CCOC(=O)C(C)C1=CC=CC(c2ccc(OC)cc2)(c2cccc3c2CCN(C(=O)c2ccc(OC)cc2)C3)C1. The minimum atomic E-state index is -0.482. The van der Waals surface area contributed by atoms with Gasteiger partial charge in [-0.05, 0) is 85.3 Å². The average Bonchev–Trinajstić information content (AvgIpc) is 3.03. The highest BCUT2D eigenvalue weighted by Gasteiger charge is 2.39. The van der Waals surface area contributed by atoms with E-state index in [-0.39, 0.29) is 17.8 Å². The Balaban J connectivity index is 1.52. The molecule has 212 valence electrons. The molecule has 0 spiro atoms. The summed E-state index contributed by atoms with van der Waals surface area (Å²) in [6, 6.07) is 21.9. The molecule has 41 heavy (non-hydrogen) atoms. The van der Waals surface area contributed by atoms with Gasteiger partial charge >= 0.3 is 5.97 Å². The van der Waals surface area contributed by atoms with E-state index < -0.39 is 5.41 Å². The quantitative estimate of drug-likeness (QED) is 0.309. The smallest absolute Gasteiger partial charge is 0.312 e. The Bertz CT molecular complexity index is 1470. The van der Waals surface area contributed by atoms with Gasteiger partial charge in [0.15, 0.2) is 0 Å². The molecule has 0 N–H and O–H groups in total. The summed E-state index contributed by atoms with van der Waals surface area (Å²) in [5.41, 5.74) is 5.94. The molecule has 0 aromatic heterocycles. The lowest BCUT2D eigenvalue weighted by atomic mass is 9.65. The monoisotopic (exact) mass is 551 g/mol. The predicted octanol–water partition coefficient (Wildman–Crippen LogP) is 6.27. The molecule has 0 bridgehead atoms. The van der Waals surface area contributed by atoms with Gasteiger partial charge in [-0.3, -0.25) is 9.59 Å². The van der Waals surface area contributed by atoms with Gasteiger partial charge in [0.1, 0.15) is 11.5 Å². The zero-order valence-electron chi connectivity index (χ0n) is 24.2. The van der Waals surface area contributed by atoms with Crippen LogP contribution in [-0.2, 0) is 27.9 Å². The fraction of sp³-hybridized carbons (Fsp3) is 0.314. The highest BCUT2D eigenvalue weighted by Crippen LogP contribution is 2.46. The lowest BCUT2D eigenvalue weighted by Crippen LogP contribution is -2.38. The molecule has 6 nitrogen and oxygen atoms in total. The Kier molecular flexibility index (Phi) is 8.29. The molecule has 1 heterocycles. The summed E-state index contributed by atoms with van der Waals surface area (Å²) >= 11 is 0. The van der Waals surface area contributed by atoms with Crippen LogP contribution in [0.15, 0.2) is 90.5 Å². The summed E-state index contributed by atoms with van der Waals surface area (Å²) in [5.74, 6) is 0.974. The van der Waals surface area contributed by atoms with Gasteiger partial charge in [0.05, 0.1) is 26.7 Å². The number of nitrogens with zero attached hydrogens (tertiary/aromatic N) is 1. The average molecular weight is 552 g/mol. The maximum atomic E-state index is 13.4. The van der Waals surface area contributed by atoms with E-state index in [9.17, 15) is 9.59 Å². The number of benzene rings is 3. The first-order valence-electron chi connectivity index (χ1n) is 14.1. The number of fused-ring (bicyclic) bond motifs is 1. The van der Waals surface area contributed by atoms with Gasteiger partial charge in [-0.1, -0.05) is 54.1 Å². The first-order valence-corrected chi connectivity index (χ1v) is 14.1. The van der Waals surface area contributed by atoms with Crippen molar-refractivity contribution in [2.75, 3.05) is 27.4 Å². The van der Waals surface area contributed by atoms with Crippen LogP contribution in [0.2, 0.25) is 0 Å². The number of esters is 1. The van der Waals surface area contributed by atoms with Crippen LogP contribution < -0.4 is 9.47 Å². The van der Waals surface area contributed by atoms with Gasteiger partial charge in [0.25, 0.3) is 5.91 Å². The molecule has 0 radical (unpaired) electrons. The van der Waals surface area contributed by atoms with Gasteiger partial charge in [-0.15, -0.1) is 0 Å². The number of ether oxygens (including phenoxy) is 3. The minimum Gasteiger partial charge on any atom is -0.497 e. The molecule has 1 aliphatic heterocycles. The second-order valence-electron chi connectivity index (χ2n) is 10.6. The van der Waals surface area contributed by atoms with Crippen LogP contribution in [0, 0.1) is 5.92 Å². The van der Waals surface area contributed by atoms with Crippen molar-refractivity contribution in [1.29, 1.82) is 0 Å². The Hall–Kier alpha value is -4.32. The Morgan fingerprint density at radius 2 is 1.63 bits per heavy atom. The normalized spacial score (nSPS) is 18.6. The largest absolute Gasteiger partial charge is 0.497 e. The number of hydrogen-bond acceptors (Lipinski definition) is 5. The number of amides is 1. The van der Waals surface area contributed by atoms with Gasteiger partial charge in [-0.2, -0.15) is 0 Å². The van der Waals surface area contributed by atoms with Crippen molar-refractivity contribution in [2.45, 2.75) is 38.6 Å². The summed E-state index contributed by atoms with van der Waals surface area (Å²) in [6.45, 7) is 5.27. The van der Waals surface area contributed by atoms with Crippen LogP contribution in [0.3, 0.4) is 0 Å². The summed E-state index contributed by atoms with van der Waals surface area (Å²) in [7, 11) is 3.28. The lowest BCUT2D eigenvalue weighted by Gasteiger charge is -2.40. The second-order valence-corrected chi connectivity index (χ2v) is 10.6. The molecule has 0 fully saturated rings. The molecule has 0 saturated carbocycles. The highest BCUT2D eigenvalue weighted by atomic mass is 16.5. The Labute approximate surface area is 242 Å². The highest BCUT2D eigenvalue weighted by molar-refractivity contribution is 5.94. The van der Waals surface area contributed by atoms with Crippen molar-refractivity contribution < 1.29 is 23.8 Å².